The molecule has 7 nitrogen and oxygen atoms in total. The fourth-order valence-corrected chi connectivity index (χ4v) is 7.07. The van der Waals surface area contributed by atoms with E-state index in [0.29, 0.717) is 25.1 Å². The van der Waals surface area contributed by atoms with Gasteiger partial charge in [0.2, 0.25) is 11.8 Å². The summed E-state index contributed by atoms with van der Waals surface area (Å²) >= 11 is 0. The van der Waals surface area contributed by atoms with Crippen LogP contribution in [0.15, 0.2) is 83.8 Å². The number of hydrogen-bond donors (Lipinski definition) is 1. The lowest BCUT2D eigenvalue weighted by molar-refractivity contribution is -0.139. The molecule has 1 N–H and O–H groups in total. The Bertz CT molecular complexity index is 1450. The van der Waals surface area contributed by atoms with Crippen molar-refractivity contribution in [2.24, 2.45) is 0 Å². The molecule has 3 aromatic rings. The molecule has 43 heavy (non-hydrogen) atoms. The Balaban J connectivity index is 1.68. The third-order valence-electron chi connectivity index (χ3n) is 8.31. The molecular formula is C35H45N3O4S. The Morgan fingerprint density at radius 1 is 0.907 bits per heavy atom. The van der Waals surface area contributed by atoms with Gasteiger partial charge in [0.25, 0.3) is 10.0 Å². The highest BCUT2D eigenvalue weighted by molar-refractivity contribution is 7.92. The maximum atomic E-state index is 14.2. The van der Waals surface area contributed by atoms with Gasteiger partial charge < -0.3 is 10.2 Å². The largest absolute Gasteiger partial charge is 0.352 e. The third kappa shape index (κ3) is 8.25. The minimum Gasteiger partial charge on any atom is -0.352 e. The maximum absolute atomic E-state index is 14.2. The molecule has 1 aliphatic rings. The van der Waals surface area contributed by atoms with Crippen molar-refractivity contribution in [1.29, 1.82) is 0 Å². The van der Waals surface area contributed by atoms with Gasteiger partial charge in [-0.05, 0) is 73.9 Å². The van der Waals surface area contributed by atoms with Crippen LogP contribution in [0.4, 0.5) is 5.69 Å². The lowest BCUT2D eigenvalue weighted by Crippen LogP contribution is -2.54. The van der Waals surface area contributed by atoms with Gasteiger partial charge in [0, 0.05) is 12.6 Å². The van der Waals surface area contributed by atoms with E-state index in [1.165, 1.54) is 4.31 Å². The topological polar surface area (TPSA) is 86.8 Å². The van der Waals surface area contributed by atoms with Gasteiger partial charge in [-0.2, -0.15) is 0 Å². The van der Waals surface area contributed by atoms with Crippen molar-refractivity contribution < 1.29 is 18.0 Å². The zero-order valence-corrected chi connectivity index (χ0v) is 26.6. The number of nitrogens with one attached hydrogen (secondary N) is 1. The number of hydrogen-bond acceptors (Lipinski definition) is 4. The standard InChI is InChI=1S/C35H45N3O4S/c1-5-33(35(40)36-30-13-9-10-14-30)37(24-23-28-11-7-6-8-12-28)34(39)25-38(31-19-17-29(18-20-31)26(2)3)43(41,42)32-21-15-27(4)16-22-32/h6-8,11-12,15-22,26,30,33H,5,9-10,13-14,23-25H2,1-4H3,(H,36,40)/t33-/m0/s1. The van der Waals surface area contributed by atoms with Crippen LogP contribution < -0.4 is 9.62 Å². The first-order valence-corrected chi connectivity index (χ1v) is 16.9. The minimum absolute atomic E-state index is 0.112. The maximum Gasteiger partial charge on any atom is 0.264 e. The molecule has 1 fully saturated rings. The van der Waals surface area contributed by atoms with E-state index in [-0.39, 0.29) is 22.8 Å². The number of rotatable bonds is 13. The summed E-state index contributed by atoms with van der Waals surface area (Å²) in [6.45, 7) is 7.82. The molecule has 3 aromatic carbocycles. The monoisotopic (exact) mass is 603 g/mol. The Kier molecular flexibility index (Phi) is 11.0. The lowest BCUT2D eigenvalue weighted by Gasteiger charge is -2.34. The summed E-state index contributed by atoms with van der Waals surface area (Å²) in [6.07, 6.45) is 5.02. The van der Waals surface area contributed by atoms with E-state index in [9.17, 15) is 18.0 Å². The normalized spacial score (nSPS) is 14.4. The Morgan fingerprint density at radius 2 is 1.53 bits per heavy atom. The van der Waals surface area contributed by atoms with Crippen LogP contribution in [0.25, 0.3) is 0 Å². The third-order valence-corrected chi connectivity index (χ3v) is 10.1. The van der Waals surface area contributed by atoms with Crippen molar-refractivity contribution in [2.75, 3.05) is 17.4 Å². The minimum atomic E-state index is -4.09. The number of anilines is 1. The summed E-state index contributed by atoms with van der Waals surface area (Å²) in [6, 6.07) is 23.2. The second kappa shape index (κ2) is 14.7. The van der Waals surface area contributed by atoms with Gasteiger partial charge in [-0.25, -0.2) is 8.42 Å². The number of sulfonamides is 1. The second-order valence-electron chi connectivity index (χ2n) is 11.8. The van der Waals surface area contributed by atoms with Crippen LogP contribution in [0.2, 0.25) is 0 Å². The van der Waals surface area contributed by atoms with Crippen molar-refractivity contribution in [3.8, 4) is 0 Å². The molecule has 0 bridgehead atoms. The van der Waals surface area contributed by atoms with Crippen LogP contribution in [0.3, 0.4) is 0 Å². The van der Waals surface area contributed by atoms with Crippen molar-refractivity contribution in [2.45, 2.75) is 89.1 Å². The molecular weight excluding hydrogens is 558 g/mol. The van der Waals surface area contributed by atoms with E-state index in [0.717, 1.165) is 42.4 Å². The van der Waals surface area contributed by atoms with Gasteiger partial charge in [-0.15, -0.1) is 0 Å². The van der Waals surface area contributed by atoms with E-state index in [1.807, 2.05) is 56.3 Å². The molecule has 1 aliphatic carbocycles. The first-order chi connectivity index (χ1) is 20.6. The number of carbonyl (C=O) groups is 2. The average molecular weight is 604 g/mol. The van der Waals surface area contributed by atoms with Crippen LogP contribution in [-0.2, 0) is 26.0 Å². The van der Waals surface area contributed by atoms with Gasteiger partial charge >= 0.3 is 0 Å². The molecule has 0 aliphatic heterocycles. The summed E-state index contributed by atoms with van der Waals surface area (Å²) in [4.78, 5) is 29.5. The van der Waals surface area contributed by atoms with Gasteiger partial charge in [0.1, 0.15) is 12.6 Å². The van der Waals surface area contributed by atoms with Gasteiger partial charge in [0.15, 0.2) is 0 Å². The zero-order valence-electron chi connectivity index (χ0n) is 25.8. The fourth-order valence-electron chi connectivity index (χ4n) is 5.66. The molecule has 0 radical (unpaired) electrons. The lowest BCUT2D eigenvalue weighted by atomic mass is 10.0. The highest BCUT2D eigenvalue weighted by Gasteiger charge is 2.34. The molecule has 4 rings (SSSR count). The van der Waals surface area contributed by atoms with Crippen molar-refractivity contribution in [3.05, 3.63) is 95.6 Å². The molecule has 230 valence electrons. The first-order valence-electron chi connectivity index (χ1n) is 15.4. The first kappa shape index (κ1) is 32.3. The van der Waals surface area contributed by atoms with Crippen LogP contribution in [0.1, 0.15) is 75.5 Å². The molecule has 8 heteroatoms. The molecule has 0 heterocycles. The number of carbonyl (C=O) groups excluding carboxylic acids is 2. The Labute approximate surface area is 257 Å². The number of aryl methyl sites for hydroxylation is 1. The van der Waals surface area contributed by atoms with E-state index < -0.39 is 28.5 Å². The van der Waals surface area contributed by atoms with E-state index in [4.69, 9.17) is 0 Å². The summed E-state index contributed by atoms with van der Waals surface area (Å²) in [5.74, 6) is -0.312. The van der Waals surface area contributed by atoms with Gasteiger partial charge in [-0.1, -0.05) is 93.8 Å². The van der Waals surface area contributed by atoms with E-state index >= 15 is 0 Å². The second-order valence-corrected chi connectivity index (χ2v) is 13.7. The Morgan fingerprint density at radius 3 is 2.12 bits per heavy atom. The van der Waals surface area contributed by atoms with E-state index in [2.05, 4.69) is 19.2 Å². The van der Waals surface area contributed by atoms with E-state index in [1.54, 1.807) is 41.3 Å². The van der Waals surface area contributed by atoms with Gasteiger partial charge in [-0.3, -0.25) is 13.9 Å². The van der Waals surface area contributed by atoms with Crippen molar-refractivity contribution >= 4 is 27.5 Å². The predicted molar refractivity (Wildman–Crippen MR) is 173 cm³/mol. The van der Waals surface area contributed by atoms with Gasteiger partial charge in [0.05, 0.1) is 10.6 Å². The number of nitrogens with zero attached hydrogens (tertiary/aromatic N) is 2. The summed E-state index contributed by atoms with van der Waals surface area (Å²) in [5, 5.41) is 3.16. The molecule has 0 aromatic heterocycles. The quantitative estimate of drug-likeness (QED) is 0.251. The van der Waals surface area contributed by atoms with Crippen molar-refractivity contribution in [3.63, 3.8) is 0 Å². The average Bonchev–Trinajstić information content (AvgIpc) is 3.51. The summed E-state index contributed by atoms with van der Waals surface area (Å²) < 4.78 is 29.3. The highest BCUT2D eigenvalue weighted by Crippen LogP contribution is 2.27. The Hall–Kier alpha value is -3.65. The predicted octanol–water partition coefficient (Wildman–Crippen LogP) is 6.22. The molecule has 0 spiro atoms. The summed E-state index contributed by atoms with van der Waals surface area (Å²) in [7, 11) is -4.09. The molecule has 0 unspecified atom stereocenters. The molecule has 1 saturated carbocycles. The number of amides is 2. The highest BCUT2D eigenvalue weighted by atomic mass is 32.2. The SMILES string of the molecule is CC[C@@H](C(=O)NC1CCCC1)N(CCc1ccccc1)C(=O)CN(c1ccc(C(C)C)cc1)S(=O)(=O)c1ccc(C)cc1. The molecule has 0 saturated heterocycles. The summed E-state index contributed by atoms with van der Waals surface area (Å²) in [5.41, 5.74) is 3.46. The fraction of sp³-hybridized carbons (Fsp3) is 0.429. The zero-order chi connectivity index (χ0) is 31.0. The molecule has 2 amide bonds. The van der Waals surface area contributed by atoms with Crippen molar-refractivity contribution in [1.82, 2.24) is 10.2 Å². The molecule has 1 atom stereocenters. The van der Waals surface area contributed by atoms with Crippen LogP contribution in [-0.4, -0.2) is 50.3 Å². The number of benzene rings is 3. The van der Waals surface area contributed by atoms with Crippen LogP contribution in [0, 0.1) is 6.92 Å². The van der Waals surface area contributed by atoms with Crippen LogP contribution in [0.5, 0.6) is 0 Å². The van der Waals surface area contributed by atoms with Crippen LogP contribution >= 0.6 is 0 Å². The smallest absolute Gasteiger partial charge is 0.264 e.